The number of aromatic nitrogens is 2. The minimum atomic E-state index is -0.223. The van der Waals surface area contributed by atoms with Crippen LogP contribution in [0.4, 0.5) is 10.5 Å². The van der Waals surface area contributed by atoms with Crippen molar-refractivity contribution in [1.82, 2.24) is 15.1 Å². The highest BCUT2D eigenvalue weighted by atomic mass is 35.5. The molecule has 1 aromatic heterocycles. The van der Waals surface area contributed by atoms with Crippen LogP contribution in [0.3, 0.4) is 0 Å². The van der Waals surface area contributed by atoms with Gasteiger partial charge in [0.05, 0.1) is 23.6 Å². The molecule has 24 heavy (non-hydrogen) atoms. The molecule has 0 spiro atoms. The van der Waals surface area contributed by atoms with Crippen LogP contribution >= 0.6 is 23.2 Å². The van der Waals surface area contributed by atoms with Crippen LogP contribution in [0.15, 0.2) is 18.2 Å². The Bertz CT molecular complexity index is 742. The molecule has 2 N–H and O–H groups in total. The number of anilines is 1. The molecule has 0 aliphatic carbocycles. The van der Waals surface area contributed by atoms with Crippen molar-refractivity contribution >= 4 is 34.9 Å². The molecule has 0 saturated carbocycles. The summed E-state index contributed by atoms with van der Waals surface area (Å²) in [4.78, 5) is 12.1. The van der Waals surface area contributed by atoms with Gasteiger partial charge in [-0.3, -0.25) is 4.68 Å². The van der Waals surface area contributed by atoms with E-state index >= 15 is 0 Å². The Hall–Kier alpha value is -1.72. The number of hydrogen-bond acceptors (Lipinski definition) is 2. The molecule has 1 aromatic carbocycles. The largest absolute Gasteiger partial charge is 0.335 e. The quantitative estimate of drug-likeness (QED) is 0.797. The van der Waals surface area contributed by atoms with Gasteiger partial charge in [0.1, 0.15) is 0 Å². The molecule has 0 bridgehead atoms. The Labute approximate surface area is 152 Å². The number of urea groups is 1. The van der Waals surface area contributed by atoms with Crippen LogP contribution in [0.1, 0.15) is 37.2 Å². The lowest BCUT2D eigenvalue weighted by Crippen LogP contribution is -2.35. The van der Waals surface area contributed by atoms with Crippen molar-refractivity contribution in [2.24, 2.45) is 0 Å². The second-order valence-electron chi connectivity index (χ2n) is 5.85. The van der Waals surface area contributed by atoms with Crippen LogP contribution in [0, 0.1) is 13.8 Å². The third kappa shape index (κ3) is 4.42. The minimum Gasteiger partial charge on any atom is -0.335 e. The van der Waals surface area contributed by atoms with Gasteiger partial charge in [0.2, 0.25) is 0 Å². The van der Waals surface area contributed by atoms with Crippen molar-refractivity contribution in [2.45, 2.75) is 46.7 Å². The van der Waals surface area contributed by atoms with Crippen LogP contribution in [0.25, 0.3) is 0 Å². The number of amides is 2. The fraction of sp³-hybridized carbons (Fsp3) is 0.412. The molecule has 1 heterocycles. The average molecular weight is 369 g/mol. The highest BCUT2D eigenvalue weighted by Gasteiger charge is 2.16. The van der Waals surface area contributed by atoms with E-state index in [0.29, 0.717) is 16.6 Å². The summed E-state index contributed by atoms with van der Waals surface area (Å²) in [7, 11) is 0. The first-order chi connectivity index (χ1) is 11.3. The van der Waals surface area contributed by atoms with Gasteiger partial charge in [-0.05, 0) is 44.9 Å². The van der Waals surface area contributed by atoms with Gasteiger partial charge < -0.3 is 10.6 Å². The van der Waals surface area contributed by atoms with Crippen LogP contribution in [0.2, 0.25) is 10.0 Å². The second-order valence-corrected chi connectivity index (χ2v) is 6.69. The van der Waals surface area contributed by atoms with Gasteiger partial charge in [0.25, 0.3) is 0 Å². The van der Waals surface area contributed by atoms with Crippen molar-refractivity contribution < 1.29 is 4.79 Å². The summed E-state index contributed by atoms with van der Waals surface area (Å²) in [5, 5.41) is 11.5. The molecular weight excluding hydrogens is 347 g/mol. The molecule has 0 radical (unpaired) electrons. The summed E-state index contributed by atoms with van der Waals surface area (Å²) in [5.74, 6) is 0. The Morgan fingerprint density at radius 3 is 2.67 bits per heavy atom. The molecular formula is C17H22Cl2N4O. The van der Waals surface area contributed by atoms with E-state index in [2.05, 4.69) is 15.7 Å². The van der Waals surface area contributed by atoms with Gasteiger partial charge in [0.15, 0.2) is 0 Å². The number of halogens is 2. The van der Waals surface area contributed by atoms with Crippen LogP contribution in [0.5, 0.6) is 0 Å². The van der Waals surface area contributed by atoms with Crippen molar-refractivity contribution in [2.75, 3.05) is 5.32 Å². The van der Waals surface area contributed by atoms with Gasteiger partial charge in [-0.25, -0.2) is 4.79 Å². The van der Waals surface area contributed by atoms with Gasteiger partial charge in [-0.1, -0.05) is 36.2 Å². The third-order valence-electron chi connectivity index (χ3n) is 3.95. The summed E-state index contributed by atoms with van der Waals surface area (Å²) < 4.78 is 1.82. The SMILES string of the molecule is CCC(C)NC(=O)Nc1c(C)nn(Cc2ccc(Cl)cc2Cl)c1C. The fourth-order valence-electron chi connectivity index (χ4n) is 2.32. The topological polar surface area (TPSA) is 59.0 Å². The van der Waals surface area contributed by atoms with E-state index < -0.39 is 0 Å². The van der Waals surface area contributed by atoms with E-state index in [9.17, 15) is 4.79 Å². The van der Waals surface area contributed by atoms with E-state index in [-0.39, 0.29) is 12.1 Å². The molecule has 1 atom stereocenters. The van der Waals surface area contributed by atoms with Crippen molar-refractivity contribution in [1.29, 1.82) is 0 Å². The highest BCUT2D eigenvalue weighted by molar-refractivity contribution is 6.35. The van der Waals surface area contributed by atoms with Crippen molar-refractivity contribution in [3.63, 3.8) is 0 Å². The van der Waals surface area contributed by atoms with E-state index in [1.807, 2.05) is 38.4 Å². The second kappa shape index (κ2) is 7.90. The third-order valence-corrected chi connectivity index (χ3v) is 4.53. The number of rotatable bonds is 5. The van der Waals surface area contributed by atoms with Crippen LogP contribution < -0.4 is 10.6 Å². The first-order valence-corrected chi connectivity index (χ1v) is 8.62. The molecule has 130 valence electrons. The standard InChI is InChI=1S/C17H22Cl2N4O/c1-5-10(2)20-17(24)21-16-11(3)22-23(12(16)4)9-13-6-7-14(18)8-15(13)19/h6-8,10H,5,9H2,1-4H3,(H2,20,21,24). The summed E-state index contributed by atoms with van der Waals surface area (Å²) in [5.41, 5.74) is 3.28. The maximum absolute atomic E-state index is 12.1. The van der Waals surface area contributed by atoms with E-state index in [1.54, 1.807) is 12.1 Å². The summed E-state index contributed by atoms with van der Waals surface area (Å²) in [6.07, 6.45) is 0.875. The number of nitrogens with zero attached hydrogens (tertiary/aromatic N) is 2. The zero-order valence-corrected chi connectivity index (χ0v) is 15.8. The zero-order valence-electron chi connectivity index (χ0n) is 14.3. The first-order valence-electron chi connectivity index (χ1n) is 7.87. The van der Waals surface area contributed by atoms with Crippen molar-refractivity contribution in [3.8, 4) is 0 Å². The number of carbonyl (C=O) groups excluding carboxylic acids is 1. The maximum Gasteiger partial charge on any atom is 0.319 e. The van der Waals surface area contributed by atoms with Gasteiger partial charge in [0, 0.05) is 16.1 Å². The lowest BCUT2D eigenvalue weighted by molar-refractivity contribution is 0.249. The molecule has 5 nitrogen and oxygen atoms in total. The van der Waals surface area contributed by atoms with E-state index in [4.69, 9.17) is 23.2 Å². The van der Waals surface area contributed by atoms with Gasteiger partial charge in [-0.2, -0.15) is 5.10 Å². The highest BCUT2D eigenvalue weighted by Crippen LogP contribution is 2.24. The van der Waals surface area contributed by atoms with Crippen LogP contribution in [-0.4, -0.2) is 21.9 Å². The fourth-order valence-corrected chi connectivity index (χ4v) is 2.79. The molecule has 0 aliphatic heterocycles. The normalized spacial score (nSPS) is 12.1. The van der Waals surface area contributed by atoms with Gasteiger partial charge >= 0.3 is 6.03 Å². The maximum atomic E-state index is 12.1. The molecule has 7 heteroatoms. The van der Waals surface area contributed by atoms with E-state index in [1.165, 1.54) is 0 Å². The number of aryl methyl sites for hydroxylation is 1. The van der Waals surface area contributed by atoms with Crippen molar-refractivity contribution in [3.05, 3.63) is 45.2 Å². The Balaban J connectivity index is 2.18. The Morgan fingerprint density at radius 2 is 2.04 bits per heavy atom. The van der Waals surface area contributed by atoms with Gasteiger partial charge in [-0.15, -0.1) is 0 Å². The Kier molecular flexibility index (Phi) is 6.13. The summed E-state index contributed by atoms with van der Waals surface area (Å²) in [6.45, 7) is 8.28. The molecule has 0 aliphatic rings. The predicted molar refractivity (Wildman–Crippen MR) is 99.2 cm³/mol. The first kappa shape index (κ1) is 18.6. The van der Waals surface area contributed by atoms with Crippen LogP contribution in [-0.2, 0) is 6.54 Å². The number of hydrogen-bond donors (Lipinski definition) is 2. The Morgan fingerprint density at radius 1 is 1.33 bits per heavy atom. The molecule has 1 unspecified atom stereocenters. The number of benzene rings is 1. The number of nitrogens with one attached hydrogen (secondary N) is 2. The smallest absolute Gasteiger partial charge is 0.319 e. The zero-order chi connectivity index (χ0) is 17.9. The number of carbonyl (C=O) groups is 1. The molecule has 0 saturated heterocycles. The lowest BCUT2D eigenvalue weighted by Gasteiger charge is -2.13. The molecule has 2 aromatic rings. The molecule has 0 fully saturated rings. The lowest BCUT2D eigenvalue weighted by atomic mass is 10.2. The summed E-state index contributed by atoms with van der Waals surface area (Å²) in [6, 6.07) is 5.29. The molecule has 2 rings (SSSR count). The monoisotopic (exact) mass is 368 g/mol. The summed E-state index contributed by atoms with van der Waals surface area (Å²) >= 11 is 12.2. The molecule has 2 amide bonds. The van der Waals surface area contributed by atoms with E-state index in [0.717, 1.165) is 29.1 Å². The average Bonchev–Trinajstić information content (AvgIpc) is 2.77. The minimum absolute atomic E-state index is 0.119. The predicted octanol–water partition coefficient (Wildman–Crippen LogP) is 4.78.